The van der Waals surface area contributed by atoms with Crippen molar-refractivity contribution in [2.45, 2.75) is 39.4 Å². The first-order chi connectivity index (χ1) is 19.9. The van der Waals surface area contributed by atoms with Crippen LogP contribution in [0.2, 0.25) is 0 Å². The van der Waals surface area contributed by atoms with E-state index in [1.54, 1.807) is 13.8 Å². The van der Waals surface area contributed by atoms with Gasteiger partial charge in [-0.25, -0.2) is 0 Å². The van der Waals surface area contributed by atoms with E-state index in [1.807, 2.05) is 0 Å². The van der Waals surface area contributed by atoms with Crippen LogP contribution in [-0.4, -0.2) is 30.7 Å². The highest BCUT2D eigenvalue weighted by molar-refractivity contribution is 5.95. The quantitative estimate of drug-likeness (QED) is 0.298. The fraction of sp³-hybridized carbons (Fsp3) is 0.240. The molecule has 4 aromatic heterocycles. The molecular weight excluding hydrogens is 443 g/mol. The molecule has 1 aromatic carbocycles. The average molecular weight is 475 g/mol. The van der Waals surface area contributed by atoms with Gasteiger partial charge in [-0.05, 0) is 32.3 Å². The van der Waals surface area contributed by atoms with Gasteiger partial charge in [0.2, 0.25) is 0 Å². The van der Waals surface area contributed by atoms with Crippen molar-refractivity contribution in [2.24, 2.45) is 0 Å². The average Bonchev–Trinajstić information content (AvgIpc) is 3.61. The predicted molar refractivity (Wildman–Crippen MR) is 122 cm³/mol. The highest BCUT2D eigenvalue weighted by Gasteiger charge is 2.29. The van der Waals surface area contributed by atoms with Gasteiger partial charge in [0, 0.05) is 45.0 Å². The van der Waals surface area contributed by atoms with Crippen LogP contribution in [0.25, 0.3) is 33.3 Å². The zero-order valence-electron chi connectivity index (χ0n) is 26.9. The summed E-state index contributed by atoms with van der Waals surface area (Å²) in [7, 11) is 0. The molecule has 0 aliphatic carbocycles. The lowest BCUT2D eigenvalue weighted by Crippen LogP contribution is -2.17. The van der Waals surface area contributed by atoms with Gasteiger partial charge in [0.15, 0.2) is 0 Å². The highest BCUT2D eigenvalue weighted by atomic mass is 19.4. The van der Waals surface area contributed by atoms with E-state index in [2.05, 4.69) is 15.2 Å². The van der Waals surface area contributed by atoms with E-state index in [0.717, 1.165) is 23.2 Å². The summed E-state index contributed by atoms with van der Waals surface area (Å²) in [5.74, 6) is 0.406. The third kappa shape index (κ3) is 3.98. The van der Waals surface area contributed by atoms with Crippen LogP contribution in [0.3, 0.4) is 0 Å². The second-order valence-electron chi connectivity index (χ2n) is 7.59. The number of hydrogen-bond acceptors (Lipinski definition) is 4. The first-order valence-electron chi connectivity index (χ1n) is 14.5. The van der Waals surface area contributed by atoms with Gasteiger partial charge in [0.1, 0.15) is 12.3 Å². The fourth-order valence-electron chi connectivity index (χ4n) is 3.79. The summed E-state index contributed by atoms with van der Waals surface area (Å²) in [6, 6.07) is -5.79. The van der Waals surface area contributed by atoms with E-state index in [-0.39, 0.29) is 22.2 Å². The van der Waals surface area contributed by atoms with Gasteiger partial charge in [0.05, 0.1) is 37.2 Å². The predicted octanol–water partition coefficient (Wildman–Crippen LogP) is 6.34. The molecule has 0 aliphatic heterocycles. The lowest BCUT2D eigenvalue weighted by Gasteiger charge is -2.16. The van der Waals surface area contributed by atoms with Crippen LogP contribution in [-0.2, 0) is 6.54 Å². The maximum atomic E-state index is 13.0. The van der Waals surface area contributed by atoms with Crippen LogP contribution in [0, 0.1) is 13.8 Å². The third-order valence-corrected chi connectivity index (χ3v) is 5.23. The minimum Gasteiger partial charge on any atom is -0.361 e. The number of benzene rings is 1. The van der Waals surface area contributed by atoms with Crippen molar-refractivity contribution < 1.29 is 30.0 Å². The van der Waals surface area contributed by atoms with Crippen LogP contribution in [0.4, 0.5) is 13.2 Å². The maximum Gasteiger partial charge on any atom is 0.408 e. The summed E-state index contributed by atoms with van der Waals surface area (Å²) in [4.78, 5) is 4.47. The maximum absolute atomic E-state index is 13.0. The van der Waals surface area contributed by atoms with Crippen LogP contribution >= 0.6 is 0 Å². The molecule has 6 nitrogen and oxygen atoms in total. The number of pyridine rings is 1. The van der Waals surface area contributed by atoms with Crippen LogP contribution in [0.15, 0.2) is 65.6 Å². The monoisotopic (exact) mass is 474 g/mol. The molecule has 0 radical (unpaired) electrons. The molecule has 0 bridgehead atoms. The first-order valence-corrected chi connectivity index (χ1v) is 9.98. The van der Waals surface area contributed by atoms with E-state index in [4.69, 9.17) is 15.5 Å². The number of alkyl halides is 3. The molecule has 0 N–H and O–H groups in total. The number of hydrogen-bond donors (Lipinski definition) is 0. The minimum absolute atomic E-state index is 0.0194. The van der Waals surface area contributed by atoms with E-state index < -0.39 is 61.4 Å². The van der Waals surface area contributed by atoms with E-state index in [1.165, 1.54) is 12.3 Å². The van der Waals surface area contributed by atoms with Gasteiger partial charge in [-0.1, -0.05) is 35.4 Å². The molecule has 0 spiro atoms. The SMILES string of the molecule is [2H]c1c([2H])c([2H])c(C([2H])(n2cc(-c3cnn(CC(F)(F)F)c3)c3ncc(-c4c(C)noc4C)cc32)C([2H])([2H])[2H])c([2H])c1[2H]. The Balaban J connectivity index is 1.89. The molecule has 1 unspecified atom stereocenters. The summed E-state index contributed by atoms with van der Waals surface area (Å²) in [6.45, 7) is -1.43. The third-order valence-electron chi connectivity index (χ3n) is 5.23. The standard InChI is InChI=1S/C25H22F3N5O/c1-15-23(17(3)34-31-15)19-9-22-24(29-10-19)21(20-11-30-32(12-20)14-25(26,27)28)13-33(22)16(2)18-7-5-4-6-8-18/h4-13,16H,14H2,1-3H3/i2D3,4D,5D,6D,7D,8D,16D. The molecular formula is C25H22F3N5O. The number of fused-ring (bicyclic) bond motifs is 1. The number of halogens is 3. The molecule has 0 saturated carbocycles. The zero-order chi connectivity index (χ0) is 31.8. The van der Waals surface area contributed by atoms with Crippen molar-refractivity contribution in [1.29, 1.82) is 0 Å². The van der Waals surface area contributed by atoms with E-state index in [9.17, 15) is 14.5 Å². The van der Waals surface area contributed by atoms with Crippen molar-refractivity contribution in [3.05, 3.63) is 78.1 Å². The van der Waals surface area contributed by atoms with E-state index in [0.29, 0.717) is 27.3 Å². The van der Waals surface area contributed by atoms with Crippen molar-refractivity contribution in [1.82, 2.24) is 24.5 Å². The van der Waals surface area contributed by atoms with Crippen molar-refractivity contribution >= 4 is 11.0 Å². The molecule has 174 valence electrons. The Bertz CT molecular complexity index is 1850. The molecule has 0 fully saturated rings. The Morgan fingerprint density at radius 2 is 1.94 bits per heavy atom. The molecule has 34 heavy (non-hydrogen) atoms. The molecule has 0 aliphatic rings. The number of aryl methyl sites for hydroxylation is 2. The van der Waals surface area contributed by atoms with Crippen molar-refractivity contribution in [3.8, 4) is 22.3 Å². The van der Waals surface area contributed by atoms with Crippen LogP contribution in [0.5, 0.6) is 0 Å². The largest absolute Gasteiger partial charge is 0.408 e. The normalized spacial score (nSPS) is 18.1. The summed E-state index contributed by atoms with van der Waals surface area (Å²) < 4.78 is 122. The topological polar surface area (TPSA) is 61.7 Å². The van der Waals surface area contributed by atoms with Crippen molar-refractivity contribution in [3.63, 3.8) is 0 Å². The molecule has 0 amide bonds. The second-order valence-corrected chi connectivity index (χ2v) is 7.59. The Kier molecular flexibility index (Phi) is 3.30. The van der Waals surface area contributed by atoms with E-state index >= 15 is 0 Å². The highest BCUT2D eigenvalue weighted by Crippen LogP contribution is 2.36. The zero-order valence-corrected chi connectivity index (χ0v) is 17.9. The molecule has 4 heterocycles. The van der Waals surface area contributed by atoms with Gasteiger partial charge in [-0.2, -0.15) is 18.3 Å². The first kappa shape index (κ1) is 13.7. The Morgan fingerprint density at radius 1 is 1.15 bits per heavy atom. The molecule has 1 atom stereocenters. The van der Waals surface area contributed by atoms with Gasteiger partial charge < -0.3 is 9.09 Å². The molecule has 9 heteroatoms. The Labute approximate surface area is 206 Å². The van der Waals surface area contributed by atoms with Crippen LogP contribution in [0.1, 0.15) is 42.2 Å². The molecule has 0 saturated heterocycles. The fourth-order valence-corrected chi connectivity index (χ4v) is 3.79. The summed E-state index contributed by atoms with van der Waals surface area (Å²) >= 11 is 0. The Hall–Kier alpha value is -3.88. The van der Waals surface area contributed by atoms with Crippen LogP contribution < -0.4 is 0 Å². The minimum atomic E-state index is -4.57. The van der Waals surface area contributed by atoms with Gasteiger partial charge in [-0.3, -0.25) is 9.67 Å². The summed E-state index contributed by atoms with van der Waals surface area (Å²) in [6.07, 6.45) is 0.220. The summed E-state index contributed by atoms with van der Waals surface area (Å²) in [5, 5.41) is 7.67. The molecule has 5 aromatic rings. The van der Waals surface area contributed by atoms with Gasteiger partial charge >= 0.3 is 6.18 Å². The Morgan fingerprint density at radius 3 is 2.62 bits per heavy atom. The molecule has 5 rings (SSSR count). The number of nitrogens with zero attached hydrogens (tertiary/aromatic N) is 5. The second kappa shape index (κ2) is 8.16. The number of aromatic nitrogens is 5. The summed E-state index contributed by atoms with van der Waals surface area (Å²) in [5.41, 5.74) is 0.831. The lowest BCUT2D eigenvalue weighted by molar-refractivity contribution is -0.142. The number of rotatable bonds is 5. The van der Waals surface area contributed by atoms with Gasteiger partial charge in [0.25, 0.3) is 0 Å². The van der Waals surface area contributed by atoms with Crippen molar-refractivity contribution in [2.75, 3.05) is 0 Å². The lowest BCUT2D eigenvalue weighted by atomic mass is 10.0. The smallest absolute Gasteiger partial charge is 0.361 e. The van der Waals surface area contributed by atoms with Gasteiger partial charge in [-0.15, -0.1) is 0 Å².